The van der Waals surface area contributed by atoms with Gasteiger partial charge in [0, 0.05) is 0 Å². The minimum atomic E-state index is -1.56. The van der Waals surface area contributed by atoms with Gasteiger partial charge in [-0.2, -0.15) is 0 Å². The van der Waals surface area contributed by atoms with Gasteiger partial charge in [0.25, 0.3) is 3.45 Å². The van der Waals surface area contributed by atoms with Crippen LogP contribution in [0.3, 0.4) is 0 Å². The summed E-state index contributed by atoms with van der Waals surface area (Å²) in [6, 6.07) is 0. The van der Waals surface area contributed by atoms with E-state index in [1.165, 1.54) is 6.42 Å². The lowest BCUT2D eigenvalue weighted by atomic mass is 10.4. The van der Waals surface area contributed by atoms with Crippen LogP contribution in [0.4, 0.5) is 0 Å². The number of rotatable bonds is 3. The Bertz CT molecular complexity index is 131. The predicted molar refractivity (Wildman–Crippen MR) is 75.9 cm³/mol. The third-order valence-electron chi connectivity index (χ3n) is 1.61. The second-order valence-corrected chi connectivity index (χ2v) is 52.2. The van der Waals surface area contributed by atoms with Crippen LogP contribution < -0.4 is 0 Å². The van der Waals surface area contributed by atoms with Crippen molar-refractivity contribution in [2.75, 3.05) is 0 Å². The van der Waals surface area contributed by atoms with E-state index in [0.717, 1.165) is 0 Å². The highest BCUT2D eigenvalue weighted by atomic mass is 80.0. The van der Waals surface area contributed by atoms with E-state index < -0.39 is 8.28 Å². The summed E-state index contributed by atoms with van der Waals surface area (Å²) < 4.78 is -1.56. The zero-order valence-electron chi connectivity index (χ0n) is 6.17. The quantitative estimate of drug-likeness (QED) is 0.359. The monoisotopic (exact) mass is 508 g/mol. The fraction of sp³-hybridized carbons (Fsp3) is 1.00. The Hall–Kier alpha value is 2.83. The lowest BCUT2D eigenvalue weighted by Gasteiger charge is -2.30. The van der Waals surface area contributed by atoms with E-state index in [1.54, 1.807) is 0 Å². The average molecular weight is 513 g/mol. The van der Waals surface area contributed by atoms with Crippen molar-refractivity contribution in [3.63, 3.8) is 0 Å². The van der Waals surface area contributed by atoms with Crippen molar-refractivity contribution in [1.82, 2.24) is 0 Å². The van der Waals surface area contributed by atoms with Gasteiger partial charge in [-0.3, -0.25) is 0 Å². The van der Waals surface area contributed by atoms with Crippen molar-refractivity contribution in [2.45, 2.75) is 25.8 Å². The molecule has 0 bridgehead atoms. The van der Waals surface area contributed by atoms with E-state index in [4.69, 9.17) is 0 Å². The van der Waals surface area contributed by atoms with Gasteiger partial charge in [0.05, 0.1) is 0 Å². The van der Waals surface area contributed by atoms with E-state index in [2.05, 4.69) is 90.3 Å². The maximum Gasteiger partial charge on any atom is 0.279 e. The standard InChI is InChI=1S/C4H9Br5Si2/c1-3-4(2)10(5,6)11(7,8)9/h4H,3H2,1-2H3. The minimum Gasteiger partial charge on any atom is -0.111 e. The molecule has 1 atom stereocenters. The number of halogens is 5. The summed E-state index contributed by atoms with van der Waals surface area (Å²) in [6.45, 7) is 4.48. The molecule has 0 amide bonds. The van der Waals surface area contributed by atoms with Crippen LogP contribution in [-0.2, 0) is 0 Å². The minimum absolute atomic E-state index is 0.701. The van der Waals surface area contributed by atoms with E-state index in [9.17, 15) is 0 Å². The van der Waals surface area contributed by atoms with Gasteiger partial charge < -0.3 is 0 Å². The summed E-state index contributed by atoms with van der Waals surface area (Å²) in [4.78, 5) is -1.49. The Morgan fingerprint density at radius 2 is 1.45 bits per heavy atom. The molecule has 0 aliphatic heterocycles. The Kier molecular flexibility index (Phi) is 6.37. The predicted octanol–water partition coefficient (Wildman–Crippen LogP) is 5.22. The molecule has 68 valence electrons. The molecule has 0 aliphatic carbocycles. The molecular formula is C4H9Br5Si2. The van der Waals surface area contributed by atoms with Gasteiger partial charge in [-0.25, -0.2) is 0 Å². The topological polar surface area (TPSA) is 0 Å². The molecule has 0 nitrogen and oxygen atoms in total. The summed E-state index contributed by atoms with van der Waals surface area (Å²) in [5.74, 6) is 0. The number of hydrogen-bond donors (Lipinski definition) is 0. The van der Waals surface area contributed by atoms with Crippen LogP contribution >= 0.6 is 76.5 Å². The van der Waals surface area contributed by atoms with Gasteiger partial charge in [-0.05, 0) is 5.54 Å². The molecule has 0 rings (SSSR count). The third kappa shape index (κ3) is 3.83. The molecule has 0 aliphatic rings. The molecule has 7 heteroatoms. The Labute approximate surface area is 109 Å². The van der Waals surface area contributed by atoms with Gasteiger partial charge in [-0.15, -0.1) is 30.6 Å². The Morgan fingerprint density at radius 3 is 1.55 bits per heavy atom. The van der Waals surface area contributed by atoms with Crippen molar-refractivity contribution < 1.29 is 0 Å². The second kappa shape index (κ2) is 5.07. The lowest BCUT2D eigenvalue weighted by molar-refractivity contribution is 0.872. The molecule has 0 heterocycles. The molecule has 0 fully saturated rings. The Morgan fingerprint density at radius 1 is 1.09 bits per heavy atom. The van der Waals surface area contributed by atoms with E-state index in [0.29, 0.717) is 5.54 Å². The molecule has 0 saturated heterocycles. The zero-order valence-corrected chi connectivity index (χ0v) is 16.1. The van der Waals surface area contributed by atoms with Gasteiger partial charge in [0.15, 0.2) is 0 Å². The zero-order chi connectivity index (χ0) is 9.28. The summed E-state index contributed by atoms with van der Waals surface area (Å²) in [5, 5.41) is 0. The molecule has 1 unspecified atom stereocenters. The molecule has 0 saturated carbocycles. The Balaban J connectivity index is 4.45. The first-order valence-corrected chi connectivity index (χ1v) is 19.5. The summed E-state index contributed by atoms with van der Waals surface area (Å²) >= 11 is 18.7. The van der Waals surface area contributed by atoms with Crippen molar-refractivity contribution in [3.05, 3.63) is 0 Å². The molecule has 0 radical (unpaired) electrons. The van der Waals surface area contributed by atoms with Crippen LogP contribution in [0.5, 0.6) is 0 Å². The smallest absolute Gasteiger partial charge is 0.111 e. The van der Waals surface area contributed by atoms with Crippen molar-refractivity contribution >= 4 is 84.7 Å². The third-order valence-corrected chi connectivity index (χ3v) is 68.8. The molecule has 0 aromatic rings. The van der Waals surface area contributed by atoms with Crippen molar-refractivity contribution in [3.8, 4) is 0 Å². The second-order valence-electron chi connectivity index (χ2n) is 2.43. The highest BCUT2D eigenvalue weighted by Crippen LogP contribution is 2.51. The molecular weight excluding hydrogens is 504 g/mol. The largest absolute Gasteiger partial charge is 0.279 e. The van der Waals surface area contributed by atoms with Gasteiger partial charge in [-0.1, -0.05) is 66.1 Å². The van der Waals surface area contributed by atoms with Gasteiger partial charge in [0.2, 0.25) is 4.83 Å². The lowest BCUT2D eigenvalue weighted by Crippen LogP contribution is -2.43. The fourth-order valence-electron chi connectivity index (χ4n) is 0.536. The molecule has 0 spiro atoms. The highest BCUT2D eigenvalue weighted by Gasteiger charge is 2.51. The van der Waals surface area contributed by atoms with Crippen molar-refractivity contribution in [2.24, 2.45) is 0 Å². The van der Waals surface area contributed by atoms with Crippen LogP contribution in [0.2, 0.25) is 5.54 Å². The SMILES string of the molecule is CCC(C)[Si](Br)(Br)[Si](Br)(Br)Br. The fourth-order valence-corrected chi connectivity index (χ4v) is 16.4. The summed E-state index contributed by atoms with van der Waals surface area (Å²) in [7, 11) is 0. The normalized spacial score (nSPS) is 16.6. The maximum absolute atomic E-state index is 3.80. The molecule has 11 heavy (non-hydrogen) atoms. The average Bonchev–Trinajstić information content (AvgIpc) is 1.83. The van der Waals surface area contributed by atoms with E-state index in [1.807, 2.05) is 0 Å². The molecule has 0 aromatic carbocycles. The molecule has 0 N–H and O–H groups in total. The van der Waals surface area contributed by atoms with Crippen LogP contribution in [0.25, 0.3) is 0 Å². The first-order chi connectivity index (χ1) is 4.73. The number of hydrogen-bond acceptors (Lipinski definition) is 0. The van der Waals surface area contributed by atoms with E-state index >= 15 is 0 Å². The molecule has 0 aromatic heterocycles. The first kappa shape index (κ1) is 13.8. The van der Waals surface area contributed by atoms with Gasteiger partial charge >= 0.3 is 0 Å². The first-order valence-electron chi connectivity index (χ1n) is 3.18. The maximum atomic E-state index is 3.80. The summed E-state index contributed by atoms with van der Waals surface area (Å²) in [6.07, 6.45) is 1.19. The van der Waals surface area contributed by atoms with Crippen LogP contribution in [0.15, 0.2) is 0 Å². The van der Waals surface area contributed by atoms with Crippen LogP contribution in [0.1, 0.15) is 20.3 Å². The van der Waals surface area contributed by atoms with Gasteiger partial charge in [0.1, 0.15) is 0 Å². The van der Waals surface area contributed by atoms with Crippen molar-refractivity contribution in [1.29, 1.82) is 0 Å². The highest BCUT2D eigenvalue weighted by molar-refractivity contribution is 9.81. The van der Waals surface area contributed by atoms with Crippen LogP contribution in [-0.4, -0.2) is 8.28 Å². The summed E-state index contributed by atoms with van der Waals surface area (Å²) in [5.41, 5.74) is 0.701. The van der Waals surface area contributed by atoms with E-state index in [-0.39, 0.29) is 0 Å². The van der Waals surface area contributed by atoms with Crippen LogP contribution in [0, 0.1) is 0 Å².